The largest absolute Gasteiger partial charge is 0.496 e. The number of aromatic carboxylic acids is 1. The lowest BCUT2D eigenvalue weighted by Crippen LogP contribution is -2.11. The van der Waals surface area contributed by atoms with Gasteiger partial charge < -0.3 is 15.2 Å². The van der Waals surface area contributed by atoms with Crippen LogP contribution in [0.5, 0.6) is 5.75 Å². The first-order valence-corrected chi connectivity index (χ1v) is 6.74. The Hall–Kier alpha value is -2.05. The molecule has 2 rings (SSSR count). The predicted molar refractivity (Wildman–Crippen MR) is 77.2 cm³/mol. The smallest absolute Gasteiger partial charge is 0.339 e. The minimum absolute atomic E-state index is 0.0633. The van der Waals surface area contributed by atoms with E-state index in [1.807, 2.05) is 0 Å². The fraction of sp³-hybridized carbons (Fsp3) is 0.0769. The van der Waals surface area contributed by atoms with Gasteiger partial charge in [0.25, 0.3) is 5.91 Å². The zero-order valence-corrected chi connectivity index (χ0v) is 11.9. The summed E-state index contributed by atoms with van der Waals surface area (Å²) in [6.07, 6.45) is 0. The summed E-state index contributed by atoms with van der Waals surface area (Å²) in [4.78, 5) is 23.5. The zero-order chi connectivity index (χ0) is 14.7. The molecule has 0 unspecified atom stereocenters. The minimum atomic E-state index is -1.15. The molecule has 0 aliphatic carbocycles. The van der Waals surface area contributed by atoms with Crippen molar-refractivity contribution >= 4 is 40.5 Å². The Morgan fingerprint density at radius 1 is 1.40 bits per heavy atom. The number of rotatable bonds is 4. The van der Waals surface area contributed by atoms with Gasteiger partial charge in [-0.15, -0.1) is 11.3 Å². The van der Waals surface area contributed by atoms with E-state index in [1.165, 1.54) is 30.6 Å². The number of hydrogen-bond donors (Lipinski definition) is 2. The van der Waals surface area contributed by atoms with Crippen molar-refractivity contribution < 1.29 is 19.4 Å². The molecular weight excluding hydrogens is 302 g/mol. The van der Waals surface area contributed by atoms with Crippen LogP contribution in [0.2, 0.25) is 5.02 Å². The molecule has 1 amide bonds. The molecule has 0 aliphatic rings. The van der Waals surface area contributed by atoms with Crippen molar-refractivity contribution in [2.24, 2.45) is 0 Å². The van der Waals surface area contributed by atoms with Crippen molar-refractivity contribution in [1.29, 1.82) is 0 Å². The van der Waals surface area contributed by atoms with E-state index in [1.54, 1.807) is 17.5 Å². The quantitative estimate of drug-likeness (QED) is 0.907. The molecule has 0 fully saturated rings. The van der Waals surface area contributed by atoms with Crippen LogP contribution >= 0.6 is 22.9 Å². The van der Waals surface area contributed by atoms with Crippen molar-refractivity contribution in [3.05, 3.63) is 45.1 Å². The van der Waals surface area contributed by atoms with E-state index in [-0.39, 0.29) is 22.2 Å². The van der Waals surface area contributed by atoms with Gasteiger partial charge in [-0.25, -0.2) is 4.79 Å². The summed E-state index contributed by atoms with van der Waals surface area (Å²) < 4.78 is 4.99. The van der Waals surface area contributed by atoms with Crippen molar-refractivity contribution in [3.8, 4) is 5.75 Å². The molecule has 0 spiro atoms. The van der Waals surface area contributed by atoms with Gasteiger partial charge in [0.2, 0.25) is 0 Å². The minimum Gasteiger partial charge on any atom is -0.496 e. The number of carboxylic acid groups (broad SMARTS) is 1. The highest BCUT2D eigenvalue weighted by molar-refractivity contribution is 7.12. The molecule has 7 heteroatoms. The van der Waals surface area contributed by atoms with Crippen LogP contribution in [-0.4, -0.2) is 24.1 Å². The summed E-state index contributed by atoms with van der Waals surface area (Å²) in [5.41, 5.74) is 0.235. The monoisotopic (exact) mass is 311 g/mol. The maximum atomic E-state index is 11.9. The Bertz CT molecular complexity index is 655. The van der Waals surface area contributed by atoms with Gasteiger partial charge in [-0.3, -0.25) is 4.79 Å². The Morgan fingerprint density at radius 3 is 2.70 bits per heavy atom. The van der Waals surface area contributed by atoms with Crippen molar-refractivity contribution in [2.45, 2.75) is 0 Å². The molecule has 2 N–H and O–H groups in total. The van der Waals surface area contributed by atoms with E-state index in [4.69, 9.17) is 21.4 Å². The Balaban J connectivity index is 2.33. The predicted octanol–water partition coefficient (Wildman–Crippen LogP) is 3.36. The van der Waals surface area contributed by atoms with Gasteiger partial charge in [0.15, 0.2) is 0 Å². The van der Waals surface area contributed by atoms with E-state index < -0.39 is 5.97 Å². The lowest BCUT2D eigenvalue weighted by atomic mass is 10.1. The number of methoxy groups -OCH3 is 1. The van der Waals surface area contributed by atoms with Gasteiger partial charge in [0.1, 0.15) is 11.3 Å². The summed E-state index contributed by atoms with van der Waals surface area (Å²) in [6, 6.07) is 6.07. The fourth-order valence-corrected chi connectivity index (χ4v) is 2.41. The van der Waals surface area contributed by atoms with Gasteiger partial charge in [0, 0.05) is 6.07 Å². The van der Waals surface area contributed by atoms with Crippen LogP contribution in [0.1, 0.15) is 20.0 Å². The molecule has 1 heterocycles. The normalized spacial score (nSPS) is 10.1. The topological polar surface area (TPSA) is 75.6 Å². The number of amides is 1. The maximum Gasteiger partial charge on any atom is 0.339 e. The molecule has 0 saturated heterocycles. The fourth-order valence-electron chi connectivity index (χ4n) is 1.58. The maximum absolute atomic E-state index is 11.9. The first-order valence-electron chi connectivity index (χ1n) is 5.48. The number of halogens is 1. The molecule has 0 radical (unpaired) electrons. The van der Waals surface area contributed by atoms with Crippen molar-refractivity contribution in [2.75, 3.05) is 12.4 Å². The molecule has 20 heavy (non-hydrogen) atoms. The Morgan fingerprint density at radius 2 is 2.15 bits per heavy atom. The molecule has 0 atom stereocenters. The first-order chi connectivity index (χ1) is 9.52. The number of hydrogen-bond acceptors (Lipinski definition) is 4. The van der Waals surface area contributed by atoms with E-state index in [9.17, 15) is 9.59 Å². The number of thiophene rings is 1. The van der Waals surface area contributed by atoms with Crippen molar-refractivity contribution in [1.82, 2.24) is 0 Å². The number of carbonyl (C=O) groups excluding carboxylic acids is 1. The summed E-state index contributed by atoms with van der Waals surface area (Å²) in [7, 11) is 1.35. The van der Waals surface area contributed by atoms with Gasteiger partial charge in [-0.1, -0.05) is 17.7 Å². The average molecular weight is 312 g/mol. The van der Waals surface area contributed by atoms with Crippen LogP contribution < -0.4 is 10.1 Å². The SMILES string of the molecule is COc1cc(NC(=O)c2cccs2)c(Cl)cc1C(=O)O. The molecule has 0 aliphatic heterocycles. The van der Waals surface area contributed by atoms with Crippen molar-refractivity contribution in [3.63, 3.8) is 0 Å². The summed E-state index contributed by atoms with van der Waals surface area (Å²) >= 11 is 7.27. The third kappa shape index (κ3) is 2.92. The number of nitrogens with one attached hydrogen (secondary N) is 1. The van der Waals surface area contributed by atoms with Crippen LogP contribution in [0.15, 0.2) is 29.6 Å². The molecule has 0 saturated carbocycles. The van der Waals surface area contributed by atoms with E-state index in [0.717, 1.165) is 0 Å². The molecule has 1 aromatic carbocycles. The van der Waals surface area contributed by atoms with Crippen LogP contribution in [0.3, 0.4) is 0 Å². The lowest BCUT2D eigenvalue weighted by molar-refractivity contribution is 0.0693. The summed E-state index contributed by atoms with van der Waals surface area (Å²) in [6.45, 7) is 0. The number of benzene rings is 1. The highest BCUT2D eigenvalue weighted by atomic mass is 35.5. The number of ether oxygens (including phenoxy) is 1. The summed E-state index contributed by atoms with van der Waals surface area (Å²) in [5.74, 6) is -1.34. The molecule has 104 valence electrons. The van der Waals surface area contributed by atoms with E-state index in [2.05, 4.69) is 5.32 Å². The van der Waals surface area contributed by atoms with Gasteiger partial charge in [-0.05, 0) is 17.5 Å². The standard InChI is InChI=1S/C13H10ClNO4S/c1-19-10-6-9(8(14)5-7(10)13(17)18)15-12(16)11-3-2-4-20-11/h2-6H,1H3,(H,15,16)(H,17,18). The molecule has 2 aromatic rings. The molecule has 5 nitrogen and oxygen atoms in total. The van der Waals surface area contributed by atoms with Crippen LogP contribution in [0.25, 0.3) is 0 Å². The second kappa shape index (κ2) is 5.94. The second-order valence-corrected chi connectivity index (χ2v) is 5.12. The van der Waals surface area contributed by atoms with E-state index in [0.29, 0.717) is 10.6 Å². The second-order valence-electron chi connectivity index (χ2n) is 3.77. The number of carboxylic acids is 1. The molecule has 0 bridgehead atoms. The summed E-state index contributed by atoms with van der Waals surface area (Å²) in [5, 5.41) is 13.6. The highest BCUT2D eigenvalue weighted by Crippen LogP contribution is 2.31. The van der Waals surface area contributed by atoms with E-state index >= 15 is 0 Å². The van der Waals surface area contributed by atoms with Gasteiger partial charge >= 0.3 is 5.97 Å². The first kappa shape index (κ1) is 14.4. The molecular formula is C13H10ClNO4S. The van der Waals surface area contributed by atoms with Gasteiger partial charge in [-0.2, -0.15) is 0 Å². The lowest BCUT2D eigenvalue weighted by Gasteiger charge is -2.11. The highest BCUT2D eigenvalue weighted by Gasteiger charge is 2.16. The van der Waals surface area contributed by atoms with Crippen LogP contribution in [-0.2, 0) is 0 Å². The van der Waals surface area contributed by atoms with Crippen LogP contribution in [0, 0.1) is 0 Å². The third-order valence-electron chi connectivity index (χ3n) is 2.51. The number of anilines is 1. The Kier molecular flexibility index (Phi) is 4.26. The Labute approximate surface area is 123 Å². The number of carbonyl (C=O) groups is 2. The molecule has 1 aromatic heterocycles. The average Bonchev–Trinajstić information content (AvgIpc) is 2.94. The van der Waals surface area contributed by atoms with Gasteiger partial charge in [0.05, 0.1) is 22.7 Å². The van der Waals surface area contributed by atoms with Crippen LogP contribution in [0.4, 0.5) is 5.69 Å². The zero-order valence-electron chi connectivity index (χ0n) is 10.3. The third-order valence-corrected chi connectivity index (χ3v) is 3.69.